The summed E-state index contributed by atoms with van der Waals surface area (Å²) in [5, 5.41) is 0. The van der Waals surface area contributed by atoms with E-state index >= 15 is 0 Å². The largest absolute Gasteiger partial charge is 0.756 e. The number of phosphoric ester groups is 1. The summed E-state index contributed by atoms with van der Waals surface area (Å²) in [6.45, 7) is 1.69. The van der Waals surface area contributed by atoms with Crippen LogP contribution in [0.25, 0.3) is 0 Å². The Labute approximate surface area is 55.4 Å². The third-order valence-corrected chi connectivity index (χ3v) is 1.53. The van der Waals surface area contributed by atoms with Crippen LogP contribution in [0.1, 0.15) is 14.4 Å². The molecule has 0 spiro atoms. The molecule has 4 nitrogen and oxygen atoms in total. The van der Waals surface area contributed by atoms with Gasteiger partial charge in [0.15, 0.2) is 0 Å². The van der Waals surface area contributed by atoms with E-state index in [4.69, 9.17) is 0 Å². The lowest BCUT2D eigenvalue weighted by molar-refractivity contribution is -0.222. The summed E-state index contributed by atoms with van der Waals surface area (Å²) in [4.78, 5) is 10.2. The highest BCUT2D eigenvalue weighted by Gasteiger charge is 2.01. The summed E-state index contributed by atoms with van der Waals surface area (Å²) in [5.74, 6) is 0. The average Bonchev–Trinajstić information content (AvgIpc) is 1.67. The van der Waals surface area contributed by atoms with Gasteiger partial charge in [-0.1, -0.05) is 7.43 Å². The van der Waals surface area contributed by atoms with Crippen LogP contribution in [0.15, 0.2) is 0 Å². The van der Waals surface area contributed by atoms with Crippen LogP contribution in [0.5, 0.6) is 0 Å². The van der Waals surface area contributed by atoms with Gasteiger partial charge < -0.3 is 13.9 Å². The van der Waals surface area contributed by atoms with Crippen molar-refractivity contribution in [2.45, 2.75) is 14.4 Å². The molecule has 5 heteroatoms. The van der Waals surface area contributed by atoms with E-state index in [9.17, 15) is 9.46 Å². The molecule has 0 aromatic rings. The lowest BCUT2D eigenvalue weighted by Crippen LogP contribution is -2.05. The fourth-order valence-electron chi connectivity index (χ4n) is 0.211. The highest BCUT2D eigenvalue weighted by molar-refractivity contribution is 7.45. The van der Waals surface area contributed by atoms with Gasteiger partial charge in [0.25, 0.3) is 7.82 Å². The van der Waals surface area contributed by atoms with Crippen LogP contribution in [-0.4, -0.2) is 13.7 Å². The molecule has 0 fully saturated rings. The quantitative estimate of drug-likeness (QED) is 0.565. The molecule has 0 N–H and O–H groups in total. The summed E-state index contributed by atoms with van der Waals surface area (Å²) in [5.41, 5.74) is 0. The van der Waals surface area contributed by atoms with Gasteiger partial charge in [0.2, 0.25) is 0 Å². The molecule has 58 valence electrons. The first-order valence-electron chi connectivity index (χ1n) is 2.13. The smallest absolute Gasteiger partial charge is 0.267 e. The normalized spacial score (nSPS) is 15.9. The van der Waals surface area contributed by atoms with Gasteiger partial charge in [-0.2, -0.15) is 0 Å². The first kappa shape index (κ1) is 11.9. The molecular weight excluding hydrogens is 143 g/mol. The third kappa shape index (κ3) is 5.99. The molecule has 0 saturated heterocycles. The Kier molecular flexibility index (Phi) is 6.51. The van der Waals surface area contributed by atoms with Crippen molar-refractivity contribution in [2.75, 3.05) is 13.7 Å². The first-order valence-corrected chi connectivity index (χ1v) is 3.59. The van der Waals surface area contributed by atoms with Gasteiger partial charge in [-0.25, -0.2) is 0 Å². The van der Waals surface area contributed by atoms with Crippen molar-refractivity contribution < 1.29 is 18.5 Å². The average molecular weight is 155 g/mol. The van der Waals surface area contributed by atoms with Crippen molar-refractivity contribution in [2.24, 2.45) is 0 Å². The van der Waals surface area contributed by atoms with Crippen molar-refractivity contribution in [3.63, 3.8) is 0 Å². The topological polar surface area (TPSA) is 58.6 Å². The Morgan fingerprint density at radius 1 is 1.67 bits per heavy atom. The minimum Gasteiger partial charge on any atom is -0.756 e. The van der Waals surface area contributed by atoms with Crippen LogP contribution >= 0.6 is 7.82 Å². The SMILES string of the molecule is C.CCOP(=O)([O-])OC. The number of hydrogen-bond acceptors (Lipinski definition) is 4. The van der Waals surface area contributed by atoms with Crippen LogP contribution in [0, 0.1) is 0 Å². The van der Waals surface area contributed by atoms with Crippen LogP contribution in [0.4, 0.5) is 0 Å². The Morgan fingerprint density at radius 2 is 2.11 bits per heavy atom. The van der Waals surface area contributed by atoms with E-state index in [1.54, 1.807) is 6.92 Å². The van der Waals surface area contributed by atoms with Crippen molar-refractivity contribution in [3.05, 3.63) is 0 Å². The summed E-state index contributed by atoms with van der Waals surface area (Å²) < 4.78 is 18.3. The second kappa shape index (κ2) is 4.94. The zero-order valence-electron chi connectivity index (χ0n) is 4.79. The van der Waals surface area contributed by atoms with Gasteiger partial charge in [-0.05, 0) is 6.92 Å². The summed E-state index contributed by atoms with van der Waals surface area (Å²) in [7, 11) is -2.86. The number of hydrogen-bond donors (Lipinski definition) is 0. The van der Waals surface area contributed by atoms with E-state index in [-0.39, 0.29) is 14.0 Å². The van der Waals surface area contributed by atoms with E-state index < -0.39 is 7.82 Å². The lowest BCUT2D eigenvalue weighted by Gasteiger charge is -2.18. The third-order valence-electron chi connectivity index (χ3n) is 0.511. The van der Waals surface area contributed by atoms with E-state index in [1.165, 1.54) is 0 Å². The maximum Gasteiger partial charge on any atom is 0.267 e. The molecule has 1 unspecified atom stereocenters. The van der Waals surface area contributed by atoms with Crippen LogP contribution < -0.4 is 4.89 Å². The summed E-state index contributed by atoms with van der Waals surface area (Å²) >= 11 is 0. The van der Waals surface area contributed by atoms with Gasteiger partial charge in [-0.15, -0.1) is 0 Å². The molecule has 0 aromatic heterocycles. The zero-order valence-corrected chi connectivity index (χ0v) is 5.68. The van der Waals surface area contributed by atoms with E-state index in [2.05, 4.69) is 9.05 Å². The Morgan fingerprint density at radius 3 is 2.22 bits per heavy atom. The lowest BCUT2D eigenvalue weighted by atomic mass is 10.9. The minimum absolute atomic E-state index is 0. The monoisotopic (exact) mass is 155 g/mol. The van der Waals surface area contributed by atoms with Crippen molar-refractivity contribution >= 4 is 7.82 Å². The van der Waals surface area contributed by atoms with E-state index in [0.717, 1.165) is 7.11 Å². The maximum atomic E-state index is 10.2. The molecule has 0 aliphatic carbocycles. The molecule has 0 saturated carbocycles. The Bertz CT molecular complexity index is 103. The molecule has 0 aromatic carbocycles. The molecule has 0 heterocycles. The van der Waals surface area contributed by atoms with Crippen molar-refractivity contribution in [1.29, 1.82) is 0 Å². The summed E-state index contributed by atoms with van der Waals surface area (Å²) in [6, 6.07) is 0. The molecule has 0 rings (SSSR count). The predicted octanol–water partition coefficient (Wildman–Crippen LogP) is 0.774. The summed E-state index contributed by atoms with van der Waals surface area (Å²) in [6.07, 6.45) is 0. The Balaban J connectivity index is 0. The molecule has 0 bridgehead atoms. The van der Waals surface area contributed by atoms with Gasteiger partial charge in [0.05, 0.1) is 6.61 Å². The highest BCUT2D eigenvalue weighted by Crippen LogP contribution is 2.36. The molecular formula is C4H12O4P-. The van der Waals surface area contributed by atoms with Gasteiger partial charge in [0.1, 0.15) is 0 Å². The fraction of sp³-hybridized carbons (Fsp3) is 1.00. The first-order chi connectivity index (χ1) is 3.62. The Hall–Kier alpha value is 0.110. The number of rotatable bonds is 3. The van der Waals surface area contributed by atoms with Gasteiger partial charge in [-0.3, -0.25) is 4.57 Å². The highest BCUT2D eigenvalue weighted by atomic mass is 31.2. The minimum atomic E-state index is -3.92. The second-order valence-electron chi connectivity index (χ2n) is 1.05. The van der Waals surface area contributed by atoms with E-state index in [1.807, 2.05) is 0 Å². The second-order valence-corrected chi connectivity index (χ2v) is 2.57. The molecule has 0 aliphatic heterocycles. The standard InChI is InChI=1S/C3H9O4P.CH4/c1-3-7-8(4,5)6-2;/h3H2,1-2H3,(H,4,5);1H4/p-1. The molecule has 9 heavy (non-hydrogen) atoms. The van der Waals surface area contributed by atoms with Crippen molar-refractivity contribution in [3.8, 4) is 0 Å². The molecule has 0 amide bonds. The van der Waals surface area contributed by atoms with Gasteiger partial charge >= 0.3 is 0 Å². The molecule has 1 atom stereocenters. The van der Waals surface area contributed by atoms with Crippen LogP contribution in [-0.2, 0) is 13.6 Å². The predicted molar refractivity (Wildman–Crippen MR) is 33.0 cm³/mol. The van der Waals surface area contributed by atoms with Crippen LogP contribution in [0.2, 0.25) is 0 Å². The number of phosphoric acid groups is 1. The zero-order chi connectivity index (χ0) is 6.62. The molecule has 0 aliphatic rings. The van der Waals surface area contributed by atoms with Gasteiger partial charge in [0, 0.05) is 7.11 Å². The molecule has 0 radical (unpaired) electrons. The van der Waals surface area contributed by atoms with Crippen LogP contribution in [0.3, 0.4) is 0 Å². The van der Waals surface area contributed by atoms with E-state index in [0.29, 0.717) is 0 Å². The maximum absolute atomic E-state index is 10.2. The fourth-order valence-corrected chi connectivity index (χ4v) is 0.632. The van der Waals surface area contributed by atoms with Crippen molar-refractivity contribution in [1.82, 2.24) is 0 Å².